The van der Waals surface area contributed by atoms with Crippen LogP contribution in [0, 0.1) is 5.82 Å². The molecule has 14 heavy (non-hydrogen) atoms. The minimum absolute atomic E-state index is 0.117. The summed E-state index contributed by atoms with van der Waals surface area (Å²) >= 11 is 0. The van der Waals surface area contributed by atoms with Crippen molar-refractivity contribution in [2.75, 3.05) is 6.54 Å². The Balaban J connectivity index is 3.21. The third-order valence-electron chi connectivity index (χ3n) is 1.90. The van der Waals surface area contributed by atoms with E-state index in [1.54, 1.807) is 0 Å². The minimum Gasteiger partial charge on any atom is -0.478 e. The molecule has 0 aliphatic rings. The van der Waals surface area contributed by atoms with Crippen LogP contribution in [0.25, 0.3) is 0 Å². The van der Waals surface area contributed by atoms with Crippen LogP contribution < -0.4 is 11.5 Å². The summed E-state index contributed by atoms with van der Waals surface area (Å²) in [6.07, 6.45) is 0. The van der Waals surface area contributed by atoms with Gasteiger partial charge in [-0.15, -0.1) is 0 Å². The Labute approximate surface area is 80.3 Å². The van der Waals surface area contributed by atoms with Crippen molar-refractivity contribution >= 4 is 5.97 Å². The predicted molar refractivity (Wildman–Crippen MR) is 49.3 cm³/mol. The number of hydrogen-bond acceptors (Lipinski definition) is 3. The van der Waals surface area contributed by atoms with E-state index in [0.717, 1.165) is 12.1 Å². The highest BCUT2D eigenvalue weighted by atomic mass is 19.1. The summed E-state index contributed by atoms with van der Waals surface area (Å²) in [6, 6.07) is 2.86. The molecule has 1 rings (SSSR count). The summed E-state index contributed by atoms with van der Waals surface area (Å²) in [5.41, 5.74) is 11.1. The fourth-order valence-corrected chi connectivity index (χ4v) is 1.16. The molecule has 76 valence electrons. The van der Waals surface area contributed by atoms with Gasteiger partial charge < -0.3 is 16.6 Å². The summed E-state index contributed by atoms with van der Waals surface area (Å²) < 4.78 is 12.7. The van der Waals surface area contributed by atoms with Crippen molar-refractivity contribution in [3.63, 3.8) is 0 Å². The van der Waals surface area contributed by atoms with Gasteiger partial charge in [-0.2, -0.15) is 0 Å². The lowest BCUT2D eigenvalue weighted by molar-refractivity contribution is 0.0694. The van der Waals surface area contributed by atoms with Gasteiger partial charge in [0.25, 0.3) is 0 Å². The Kier molecular flexibility index (Phi) is 3.16. The van der Waals surface area contributed by atoms with Crippen molar-refractivity contribution in [2.24, 2.45) is 11.5 Å². The van der Waals surface area contributed by atoms with Crippen molar-refractivity contribution in [1.29, 1.82) is 0 Å². The number of carboxylic acid groups (broad SMARTS) is 1. The van der Waals surface area contributed by atoms with Gasteiger partial charge in [-0.3, -0.25) is 0 Å². The summed E-state index contributed by atoms with van der Waals surface area (Å²) in [6.45, 7) is 0.117. The summed E-state index contributed by atoms with van der Waals surface area (Å²) in [5.74, 6) is -1.81. The van der Waals surface area contributed by atoms with Crippen molar-refractivity contribution in [1.82, 2.24) is 0 Å². The van der Waals surface area contributed by atoms with E-state index in [2.05, 4.69) is 0 Å². The van der Waals surface area contributed by atoms with E-state index in [-0.39, 0.29) is 12.1 Å². The first-order valence-corrected chi connectivity index (χ1v) is 4.04. The molecule has 0 fully saturated rings. The van der Waals surface area contributed by atoms with E-state index in [1.165, 1.54) is 6.07 Å². The maximum absolute atomic E-state index is 12.7. The molecule has 0 spiro atoms. The highest BCUT2D eigenvalue weighted by Crippen LogP contribution is 2.16. The second-order valence-corrected chi connectivity index (χ2v) is 2.88. The Morgan fingerprint density at radius 2 is 2.21 bits per heavy atom. The van der Waals surface area contributed by atoms with Gasteiger partial charge in [0.2, 0.25) is 0 Å². The maximum atomic E-state index is 12.7. The molecular formula is C9H11FN2O2. The fourth-order valence-electron chi connectivity index (χ4n) is 1.16. The molecule has 0 saturated heterocycles. The van der Waals surface area contributed by atoms with E-state index < -0.39 is 17.8 Å². The van der Waals surface area contributed by atoms with Crippen LogP contribution in [0.5, 0.6) is 0 Å². The average molecular weight is 198 g/mol. The molecular weight excluding hydrogens is 187 g/mol. The highest BCUT2D eigenvalue weighted by molar-refractivity contribution is 5.89. The van der Waals surface area contributed by atoms with Gasteiger partial charge in [-0.1, -0.05) is 6.07 Å². The zero-order valence-electron chi connectivity index (χ0n) is 7.40. The lowest BCUT2D eigenvalue weighted by atomic mass is 10.0. The zero-order valence-corrected chi connectivity index (χ0v) is 7.40. The number of aromatic carboxylic acids is 1. The van der Waals surface area contributed by atoms with Crippen LogP contribution in [0.1, 0.15) is 22.0 Å². The van der Waals surface area contributed by atoms with Gasteiger partial charge in [0.1, 0.15) is 5.82 Å². The van der Waals surface area contributed by atoms with Crippen LogP contribution in [0.4, 0.5) is 4.39 Å². The molecule has 5 heteroatoms. The normalized spacial score (nSPS) is 12.5. The Morgan fingerprint density at radius 3 is 2.71 bits per heavy atom. The first-order valence-electron chi connectivity index (χ1n) is 4.04. The van der Waals surface area contributed by atoms with Gasteiger partial charge in [-0.05, 0) is 17.7 Å². The Hall–Kier alpha value is -1.46. The number of hydrogen-bond donors (Lipinski definition) is 3. The largest absolute Gasteiger partial charge is 0.478 e. The maximum Gasteiger partial charge on any atom is 0.336 e. The molecule has 1 atom stereocenters. The Bertz CT molecular complexity index is 355. The predicted octanol–water partition coefficient (Wildman–Crippen LogP) is 0.482. The summed E-state index contributed by atoms with van der Waals surface area (Å²) in [4.78, 5) is 10.7. The van der Waals surface area contributed by atoms with Crippen molar-refractivity contribution in [3.8, 4) is 0 Å². The van der Waals surface area contributed by atoms with Gasteiger partial charge in [0.05, 0.1) is 5.56 Å². The molecule has 0 aliphatic carbocycles. The fraction of sp³-hybridized carbons (Fsp3) is 0.222. The zero-order chi connectivity index (χ0) is 10.7. The first-order chi connectivity index (χ1) is 6.56. The number of benzene rings is 1. The second-order valence-electron chi connectivity index (χ2n) is 2.88. The molecule has 0 amide bonds. The van der Waals surface area contributed by atoms with Gasteiger partial charge in [0, 0.05) is 12.6 Å². The van der Waals surface area contributed by atoms with E-state index >= 15 is 0 Å². The second kappa shape index (κ2) is 4.17. The topological polar surface area (TPSA) is 89.3 Å². The van der Waals surface area contributed by atoms with E-state index in [1.807, 2.05) is 0 Å². The third-order valence-corrected chi connectivity index (χ3v) is 1.90. The molecule has 4 nitrogen and oxygen atoms in total. The van der Waals surface area contributed by atoms with Crippen LogP contribution in [-0.2, 0) is 0 Å². The molecule has 1 aromatic carbocycles. The van der Waals surface area contributed by atoms with E-state index in [0.29, 0.717) is 5.56 Å². The molecule has 0 aromatic heterocycles. The molecule has 5 N–H and O–H groups in total. The van der Waals surface area contributed by atoms with Crippen LogP contribution in [-0.4, -0.2) is 17.6 Å². The minimum atomic E-state index is -1.21. The summed E-state index contributed by atoms with van der Waals surface area (Å²) in [7, 11) is 0. The quantitative estimate of drug-likeness (QED) is 0.659. The lowest BCUT2D eigenvalue weighted by Crippen LogP contribution is -2.23. The monoisotopic (exact) mass is 198 g/mol. The number of rotatable bonds is 3. The average Bonchev–Trinajstić information content (AvgIpc) is 2.16. The number of halogens is 1. The van der Waals surface area contributed by atoms with Crippen LogP contribution in [0.2, 0.25) is 0 Å². The SMILES string of the molecule is NC[C@@H](N)c1ccc(F)cc1C(=O)O. The number of carbonyl (C=O) groups is 1. The van der Waals surface area contributed by atoms with Crippen molar-refractivity contribution in [2.45, 2.75) is 6.04 Å². The van der Waals surface area contributed by atoms with Crippen molar-refractivity contribution in [3.05, 3.63) is 35.1 Å². The molecule has 0 bridgehead atoms. The molecule has 0 heterocycles. The smallest absolute Gasteiger partial charge is 0.336 e. The molecule has 0 unspecified atom stereocenters. The standard InChI is InChI=1S/C9H11FN2O2/c10-5-1-2-6(8(12)4-11)7(3-5)9(13)14/h1-3,8H,4,11-12H2,(H,13,14)/t8-/m1/s1. The Morgan fingerprint density at radius 1 is 1.57 bits per heavy atom. The van der Waals surface area contributed by atoms with Crippen LogP contribution in [0.15, 0.2) is 18.2 Å². The van der Waals surface area contributed by atoms with Gasteiger partial charge >= 0.3 is 5.97 Å². The highest BCUT2D eigenvalue weighted by Gasteiger charge is 2.15. The van der Waals surface area contributed by atoms with Crippen LogP contribution in [0.3, 0.4) is 0 Å². The molecule has 0 radical (unpaired) electrons. The summed E-state index contributed by atoms with van der Waals surface area (Å²) in [5, 5.41) is 8.77. The van der Waals surface area contributed by atoms with Gasteiger partial charge in [-0.25, -0.2) is 9.18 Å². The van der Waals surface area contributed by atoms with Crippen molar-refractivity contribution < 1.29 is 14.3 Å². The number of nitrogens with two attached hydrogens (primary N) is 2. The molecule has 0 aliphatic heterocycles. The van der Waals surface area contributed by atoms with E-state index in [4.69, 9.17) is 16.6 Å². The number of carboxylic acids is 1. The lowest BCUT2D eigenvalue weighted by Gasteiger charge is -2.11. The van der Waals surface area contributed by atoms with Crippen LogP contribution >= 0.6 is 0 Å². The third kappa shape index (κ3) is 2.07. The first kappa shape index (κ1) is 10.6. The van der Waals surface area contributed by atoms with E-state index in [9.17, 15) is 9.18 Å². The molecule has 0 saturated carbocycles. The van der Waals surface area contributed by atoms with Gasteiger partial charge in [0.15, 0.2) is 0 Å². The molecule has 1 aromatic rings.